The molecule has 2 saturated heterocycles. The normalized spacial score (nSPS) is 26.2. The molecule has 0 spiro atoms. The highest BCUT2D eigenvalue weighted by Crippen LogP contribution is 2.19. The Hall–Kier alpha value is -0.610. The smallest absolute Gasteiger partial charge is 0.236 e. The minimum absolute atomic E-state index is 0.276. The lowest BCUT2D eigenvalue weighted by atomic mass is 9.95. The summed E-state index contributed by atoms with van der Waals surface area (Å²) in [7, 11) is 0. The van der Waals surface area contributed by atoms with E-state index in [1.54, 1.807) is 0 Å². The third kappa shape index (κ3) is 4.77. The second-order valence-electron chi connectivity index (χ2n) is 6.05. The van der Waals surface area contributed by atoms with Crippen molar-refractivity contribution in [3.63, 3.8) is 0 Å². The predicted molar refractivity (Wildman–Crippen MR) is 75.9 cm³/mol. The van der Waals surface area contributed by atoms with Crippen LogP contribution in [0.1, 0.15) is 44.9 Å². The van der Waals surface area contributed by atoms with Gasteiger partial charge in [-0.05, 0) is 44.6 Å². The first-order valence-electron chi connectivity index (χ1n) is 7.90. The first kappa shape index (κ1) is 14.8. The number of carbonyl (C=O) groups is 1. The van der Waals surface area contributed by atoms with Gasteiger partial charge in [-0.15, -0.1) is 0 Å². The van der Waals surface area contributed by atoms with Crippen LogP contribution in [-0.2, 0) is 4.79 Å². The largest absolute Gasteiger partial charge is 0.396 e. The molecule has 2 aliphatic heterocycles. The molecule has 0 bridgehead atoms. The minimum atomic E-state index is 0.276. The Balaban J connectivity index is 1.77. The fourth-order valence-corrected chi connectivity index (χ4v) is 3.32. The second kappa shape index (κ2) is 7.85. The van der Waals surface area contributed by atoms with E-state index in [2.05, 4.69) is 9.80 Å². The Bertz CT molecular complexity index is 273. The first-order chi connectivity index (χ1) is 9.29. The zero-order valence-electron chi connectivity index (χ0n) is 12.0. The maximum Gasteiger partial charge on any atom is 0.236 e. The molecule has 1 N–H and O–H groups in total. The van der Waals surface area contributed by atoms with E-state index in [-0.39, 0.29) is 6.61 Å². The Morgan fingerprint density at radius 1 is 1.05 bits per heavy atom. The van der Waals surface area contributed by atoms with Gasteiger partial charge in [0.1, 0.15) is 0 Å². The number of amides is 1. The average molecular weight is 268 g/mol. The number of hydrogen-bond donors (Lipinski definition) is 1. The molecule has 0 aromatic heterocycles. The fourth-order valence-electron chi connectivity index (χ4n) is 3.32. The molecule has 2 fully saturated rings. The van der Waals surface area contributed by atoms with Gasteiger partial charge in [0.25, 0.3) is 0 Å². The van der Waals surface area contributed by atoms with Crippen molar-refractivity contribution in [3.05, 3.63) is 0 Å². The van der Waals surface area contributed by atoms with Crippen LogP contribution in [0, 0.1) is 5.92 Å². The molecule has 1 atom stereocenters. The summed E-state index contributed by atoms with van der Waals surface area (Å²) in [6.07, 6.45) is 8.12. The third-order valence-electron chi connectivity index (χ3n) is 4.46. The maximum atomic E-state index is 12.3. The standard InChI is InChI=1S/C15H28N2O2/c18-11-7-14-6-5-8-16(12-14)13-15(19)17-9-3-1-2-4-10-17/h14,18H,1-13H2. The van der Waals surface area contributed by atoms with E-state index < -0.39 is 0 Å². The molecule has 19 heavy (non-hydrogen) atoms. The zero-order chi connectivity index (χ0) is 13.5. The second-order valence-corrected chi connectivity index (χ2v) is 6.05. The Morgan fingerprint density at radius 3 is 2.47 bits per heavy atom. The number of rotatable bonds is 4. The van der Waals surface area contributed by atoms with Crippen molar-refractivity contribution >= 4 is 5.91 Å². The van der Waals surface area contributed by atoms with Gasteiger partial charge in [0, 0.05) is 26.2 Å². The molecular formula is C15H28N2O2. The quantitative estimate of drug-likeness (QED) is 0.840. The van der Waals surface area contributed by atoms with Gasteiger partial charge >= 0.3 is 0 Å². The monoisotopic (exact) mass is 268 g/mol. The van der Waals surface area contributed by atoms with Gasteiger partial charge in [-0.2, -0.15) is 0 Å². The average Bonchev–Trinajstić information content (AvgIpc) is 2.68. The summed E-state index contributed by atoms with van der Waals surface area (Å²) in [5, 5.41) is 9.03. The molecule has 4 nitrogen and oxygen atoms in total. The molecule has 2 aliphatic rings. The van der Waals surface area contributed by atoms with Crippen LogP contribution in [0.4, 0.5) is 0 Å². The van der Waals surface area contributed by atoms with E-state index >= 15 is 0 Å². The molecule has 2 heterocycles. The van der Waals surface area contributed by atoms with E-state index in [0.717, 1.165) is 39.0 Å². The fraction of sp³-hybridized carbons (Fsp3) is 0.933. The summed E-state index contributed by atoms with van der Waals surface area (Å²) in [6.45, 7) is 4.79. The predicted octanol–water partition coefficient (Wildman–Crippen LogP) is 1.48. The van der Waals surface area contributed by atoms with Crippen LogP contribution in [0.25, 0.3) is 0 Å². The van der Waals surface area contributed by atoms with Crippen LogP contribution in [-0.4, -0.2) is 60.1 Å². The minimum Gasteiger partial charge on any atom is -0.396 e. The van der Waals surface area contributed by atoms with Crippen LogP contribution in [0.3, 0.4) is 0 Å². The molecule has 0 aromatic carbocycles. The molecule has 0 saturated carbocycles. The lowest BCUT2D eigenvalue weighted by Gasteiger charge is -2.33. The van der Waals surface area contributed by atoms with E-state index in [9.17, 15) is 4.79 Å². The molecule has 2 rings (SSSR count). The highest BCUT2D eigenvalue weighted by molar-refractivity contribution is 5.78. The number of aliphatic hydroxyl groups is 1. The summed E-state index contributed by atoms with van der Waals surface area (Å²) in [4.78, 5) is 16.7. The van der Waals surface area contributed by atoms with Crippen molar-refractivity contribution in [2.45, 2.75) is 44.9 Å². The molecule has 4 heteroatoms. The molecule has 110 valence electrons. The Morgan fingerprint density at radius 2 is 1.79 bits per heavy atom. The van der Waals surface area contributed by atoms with E-state index in [1.807, 2.05) is 0 Å². The summed E-state index contributed by atoms with van der Waals surface area (Å²) in [5.74, 6) is 0.891. The Kier molecular flexibility index (Phi) is 6.11. The first-order valence-corrected chi connectivity index (χ1v) is 7.90. The van der Waals surface area contributed by atoms with Crippen LogP contribution in [0.15, 0.2) is 0 Å². The lowest BCUT2D eigenvalue weighted by Crippen LogP contribution is -2.44. The number of likely N-dealkylation sites (tertiary alicyclic amines) is 2. The molecule has 1 amide bonds. The highest BCUT2D eigenvalue weighted by atomic mass is 16.3. The van der Waals surface area contributed by atoms with Gasteiger partial charge in [-0.1, -0.05) is 12.8 Å². The van der Waals surface area contributed by atoms with E-state index in [0.29, 0.717) is 18.4 Å². The van der Waals surface area contributed by atoms with Gasteiger partial charge in [-0.3, -0.25) is 9.69 Å². The van der Waals surface area contributed by atoms with Gasteiger partial charge in [0.2, 0.25) is 5.91 Å². The number of hydrogen-bond acceptors (Lipinski definition) is 3. The highest BCUT2D eigenvalue weighted by Gasteiger charge is 2.23. The molecule has 1 unspecified atom stereocenters. The lowest BCUT2D eigenvalue weighted by molar-refractivity contribution is -0.132. The van der Waals surface area contributed by atoms with Gasteiger partial charge < -0.3 is 10.0 Å². The van der Waals surface area contributed by atoms with Gasteiger partial charge in [-0.25, -0.2) is 0 Å². The molecular weight excluding hydrogens is 240 g/mol. The van der Waals surface area contributed by atoms with Crippen LogP contribution >= 0.6 is 0 Å². The SMILES string of the molecule is O=C(CN1CCCC(CCO)C1)N1CCCCCC1. The molecule has 0 radical (unpaired) electrons. The third-order valence-corrected chi connectivity index (χ3v) is 4.46. The summed E-state index contributed by atoms with van der Waals surface area (Å²) >= 11 is 0. The van der Waals surface area contributed by atoms with Crippen LogP contribution in [0.2, 0.25) is 0 Å². The number of nitrogens with zero attached hydrogens (tertiary/aromatic N) is 2. The van der Waals surface area contributed by atoms with Crippen LogP contribution in [0.5, 0.6) is 0 Å². The van der Waals surface area contributed by atoms with E-state index in [4.69, 9.17) is 5.11 Å². The summed E-state index contributed by atoms with van der Waals surface area (Å²) in [5.41, 5.74) is 0. The summed E-state index contributed by atoms with van der Waals surface area (Å²) in [6, 6.07) is 0. The van der Waals surface area contributed by atoms with Crippen molar-refractivity contribution < 1.29 is 9.90 Å². The van der Waals surface area contributed by atoms with Crippen molar-refractivity contribution in [1.29, 1.82) is 0 Å². The zero-order valence-corrected chi connectivity index (χ0v) is 12.0. The van der Waals surface area contributed by atoms with Crippen molar-refractivity contribution in [1.82, 2.24) is 9.80 Å². The Labute approximate surface area is 116 Å². The number of aliphatic hydroxyl groups excluding tert-OH is 1. The molecule has 0 aromatic rings. The number of piperidine rings is 1. The number of carbonyl (C=O) groups excluding carboxylic acids is 1. The van der Waals surface area contributed by atoms with Crippen LogP contribution < -0.4 is 0 Å². The topological polar surface area (TPSA) is 43.8 Å². The molecule has 0 aliphatic carbocycles. The van der Waals surface area contributed by atoms with Gasteiger partial charge in [0.05, 0.1) is 6.54 Å². The maximum absolute atomic E-state index is 12.3. The van der Waals surface area contributed by atoms with Gasteiger partial charge in [0.15, 0.2) is 0 Å². The van der Waals surface area contributed by atoms with Crippen molar-refractivity contribution in [2.75, 3.05) is 39.3 Å². The summed E-state index contributed by atoms with van der Waals surface area (Å²) < 4.78 is 0. The van der Waals surface area contributed by atoms with Crippen molar-refractivity contribution in [3.8, 4) is 0 Å². The van der Waals surface area contributed by atoms with Crippen molar-refractivity contribution in [2.24, 2.45) is 5.92 Å². The van der Waals surface area contributed by atoms with E-state index in [1.165, 1.54) is 32.1 Å².